The number of nitrogens with one attached hydrogen (secondary N) is 2. The van der Waals surface area contributed by atoms with Crippen molar-refractivity contribution >= 4 is 33.5 Å². The van der Waals surface area contributed by atoms with E-state index in [0.717, 1.165) is 22.1 Å². The van der Waals surface area contributed by atoms with Gasteiger partial charge in [-0.2, -0.15) is 0 Å². The number of anilines is 3. The molecule has 31 heavy (non-hydrogen) atoms. The zero-order valence-electron chi connectivity index (χ0n) is 17.1. The van der Waals surface area contributed by atoms with Gasteiger partial charge in [-0.15, -0.1) is 0 Å². The largest absolute Gasteiger partial charge is 0.376 e. The molecule has 0 amide bonds. The molecule has 0 fully saturated rings. The highest BCUT2D eigenvalue weighted by Gasteiger charge is 2.20. The predicted molar refractivity (Wildman–Crippen MR) is 126 cm³/mol. The first-order chi connectivity index (χ1) is 15.1. The third kappa shape index (κ3) is 4.90. The summed E-state index contributed by atoms with van der Waals surface area (Å²) in [6, 6.07) is 25.2. The Kier molecular flexibility index (Phi) is 6.24. The molecule has 0 unspecified atom stereocenters. The maximum Gasteiger partial charge on any atom is 0.339 e. The number of rotatable bonds is 8. The van der Waals surface area contributed by atoms with Crippen molar-refractivity contribution in [1.82, 2.24) is 0 Å². The zero-order chi connectivity index (χ0) is 21.6. The van der Waals surface area contributed by atoms with Crippen LogP contribution in [0.15, 0.2) is 84.2 Å². The first-order valence-corrected chi connectivity index (χ1v) is 10.9. The number of para-hydroxylation sites is 3. The van der Waals surface area contributed by atoms with Crippen molar-refractivity contribution in [1.29, 1.82) is 0 Å². The predicted octanol–water partition coefficient (Wildman–Crippen LogP) is 5.77. The fraction of sp³-hybridized carbons (Fsp3) is 0.125. The van der Waals surface area contributed by atoms with E-state index < -0.39 is 0 Å². The van der Waals surface area contributed by atoms with Gasteiger partial charge in [-0.05, 0) is 25.1 Å². The number of aromatic nitrogens is 1. The summed E-state index contributed by atoms with van der Waals surface area (Å²) in [6.45, 7) is 3.27. The van der Waals surface area contributed by atoms with Gasteiger partial charge in [0.25, 0.3) is 5.69 Å². The Morgan fingerprint density at radius 2 is 1.68 bits per heavy atom. The molecule has 2 N–H and O–H groups in total. The molecule has 0 radical (unpaired) electrons. The van der Waals surface area contributed by atoms with Crippen LogP contribution in [0.4, 0.5) is 22.2 Å². The smallest absolute Gasteiger partial charge is 0.339 e. The highest BCUT2D eigenvalue weighted by molar-refractivity contribution is 7.13. The average Bonchev–Trinajstić information content (AvgIpc) is 3.17. The Labute approximate surface area is 185 Å². The maximum atomic E-state index is 11.3. The van der Waals surface area contributed by atoms with E-state index in [9.17, 15) is 10.1 Å². The summed E-state index contributed by atoms with van der Waals surface area (Å²) in [6.07, 6.45) is 0. The fourth-order valence-electron chi connectivity index (χ4n) is 3.35. The molecule has 6 nitrogen and oxygen atoms in total. The SMILES string of the molecule is Cc1ccc(-c2csc(Nc3ccccc3)[n+]2CCNc2ccccc2[N+](=O)[O-])cc1. The molecule has 0 spiro atoms. The molecule has 156 valence electrons. The Morgan fingerprint density at radius 3 is 2.42 bits per heavy atom. The molecule has 0 saturated heterocycles. The first-order valence-electron chi connectivity index (χ1n) is 9.99. The van der Waals surface area contributed by atoms with Crippen molar-refractivity contribution in [2.45, 2.75) is 13.5 Å². The van der Waals surface area contributed by atoms with Gasteiger partial charge in [0.05, 0.1) is 11.5 Å². The molecule has 0 atom stereocenters. The van der Waals surface area contributed by atoms with Crippen molar-refractivity contribution in [3.63, 3.8) is 0 Å². The summed E-state index contributed by atoms with van der Waals surface area (Å²) in [7, 11) is 0. The van der Waals surface area contributed by atoms with Crippen LogP contribution >= 0.6 is 11.3 Å². The van der Waals surface area contributed by atoms with Gasteiger partial charge in [0.15, 0.2) is 0 Å². The molecule has 0 aliphatic rings. The van der Waals surface area contributed by atoms with Gasteiger partial charge >= 0.3 is 5.13 Å². The number of nitro benzene ring substituents is 1. The second-order valence-electron chi connectivity index (χ2n) is 7.14. The second kappa shape index (κ2) is 9.40. The number of hydrogen-bond acceptors (Lipinski definition) is 5. The molecular formula is C24H23N4O2S+. The van der Waals surface area contributed by atoms with E-state index in [1.54, 1.807) is 29.5 Å². The second-order valence-corrected chi connectivity index (χ2v) is 7.99. The normalized spacial score (nSPS) is 10.6. The highest BCUT2D eigenvalue weighted by atomic mass is 32.1. The molecule has 1 aromatic heterocycles. The molecule has 0 saturated carbocycles. The van der Waals surface area contributed by atoms with Crippen LogP contribution in [0.3, 0.4) is 0 Å². The number of benzene rings is 3. The summed E-state index contributed by atoms with van der Waals surface area (Å²) in [4.78, 5) is 10.9. The number of nitro groups is 1. The quantitative estimate of drug-likeness (QED) is 0.211. The minimum Gasteiger partial charge on any atom is -0.376 e. The third-order valence-corrected chi connectivity index (χ3v) is 5.83. The molecule has 3 aromatic carbocycles. The molecule has 0 bridgehead atoms. The van der Waals surface area contributed by atoms with Crippen molar-refractivity contribution in [3.05, 3.63) is 99.9 Å². The Hall–Kier alpha value is -3.71. The van der Waals surface area contributed by atoms with E-state index in [1.807, 2.05) is 30.3 Å². The lowest BCUT2D eigenvalue weighted by Gasteiger charge is -2.09. The Morgan fingerprint density at radius 1 is 0.968 bits per heavy atom. The van der Waals surface area contributed by atoms with Gasteiger partial charge in [-0.1, -0.05) is 71.5 Å². The van der Waals surface area contributed by atoms with E-state index in [1.165, 1.54) is 11.6 Å². The fourth-order valence-corrected chi connectivity index (χ4v) is 4.33. The molecule has 1 heterocycles. The van der Waals surface area contributed by atoms with Crippen LogP contribution in [0, 0.1) is 17.0 Å². The summed E-state index contributed by atoms with van der Waals surface area (Å²) >= 11 is 1.64. The number of hydrogen-bond donors (Lipinski definition) is 2. The molecular weight excluding hydrogens is 408 g/mol. The van der Waals surface area contributed by atoms with Crippen LogP contribution in [0.5, 0.6) is 0 Å². The average molecular weight is 432 g/mol. The number of aryl methyl sites for hydroxylation is 1. The van der Waals surface area contributed by atoms with Gasteiger partial charge in [0.2, 0.25) is 0 Å². The van der Waals surface area contributed by atoms with E-state index in [4.69, 9.17) is 0 Å². The molecule has 0 aliphatic carbocycles. The van der Waals surface area contributed by atoms with Gasteiger partial charge in [-0.25, -0.2) is 9.88 Å². The monoisotopic (exact) mass is 431 g/mol. The Bertz CT molecular complexity index is 1170. The molecule has 4 aromatic rings. The van der Waals surface area contributed by atoms with Crippen molar-refractivity contribution in [3.8, 4) is 11.3 Å². The van der Waals surface area contributed by atoms with Gasteiger partial charge < -0.3 is 5.32 Å². The molecule has 0 aliphatic heterocycles. The topological polar surface area (TPSA) is 71.1 Å². The van der Waals surface area contributed by atoms with E-state index >= 15 is 0 Å². The molecule has 4 rings (SSSR count). The third-order valence-electron chi connectivity index (χ3n) is 4.94. The van der Waals surface area contributed by atoms with E-state index in [-0.39, 0.29) is 10.6 Å². The lowest BCUT2D eigenvalue weighted by Crippen LogP contribution is -2.39. The lowest BCUT2D eigenvalue weighted by atomic mass is 10.1. The van der Waals surface area contributed by atoms with Crippen LogP contribution in [0.25, 0.3) is 11.3 Å². The minimum atomic E-state index is -0.361. The standard InChI is InChI=1S/C24H22N4O2S/c1-18-11-13-19(14-12-18)23-17-31-24(26-20-7-3-2-4-8-20)27(23)16-15-25-21-9-5-6-10-22(21)28(29)30/h2-14,17,25H,15-16H2,1H3/p+1. The summed E-state index contributed by atoms with van der Waals surface area (Å²) in [5.74, 6) is 0. The van der Waals surface area contributed by atoms with Crippen LogP contribution in [0.2, 0.25) is 0 Å². The van der Waals surface area contributed by atoms with Gasteiger partial charge in [0.1, 0.15) is 23.6 Å². The minimum absolute atomic E-state index is 0.0826. The Balaban J connectivity index is 1.60. The van der Waals surface area contributed by atoms with E-state index in [0.29, 0.717) is 18.8 Å². The van der Waals surface area contributed by atoms with Crippen LogP contribution in [-0.2, 0) is 6.54 Å². The number of nitrogens with zero attached hydrogens (tertiary/aromatic N) is 2. The van der Waals surface area contributed by atoms with Crippen molar-refractivity contribution < 1.29 is 9.49 Å². The highest BCUT2D eigenvalue weighted by Crippen LogP contribution is 2.26. The van der Waals surface area contributed by atoms with Crippen molar-refractivity contribution in [2.24, 2.45) is 0 Å². The van der Waals surface area contributed by atoms with Gasteiger partial charge in [-0.3, -0.25) is 10.1 Å². The van der Waals surface area contributed by atoms with E-state index in [2.05, 4.69) is 51.8 Å². The lowest BCUT2D eigenvalue weighted by molar-refractivity contribution is -0.665. The summed E-state index contributed by atoms with van der Waals surface area (Å²) in [5.41, 5.74) is 5.07. The van der Waals surface area contributed by atoms with Crippen LogP contribution < -0.4 is 15.2 Å². The van der Waals surface area contributed by atoms with Gasteiger partial charge in [0, 0.05) is 17.0 Å². The van der Waals surface area contributed by atoms with Crippen LogP contribution in [-0.4, -0.2) is 11.5 Å². The zero-order valence-corrected chi connectivity index (χ0v) is 17.9. The van der Waals surface area contributed by atoms with Crippen molar-refractivity contribution in [2.75, 3.05) is 17.2 Å². The molecule has 7 heteroatoms. The van der Waals surface area contributed by atoms with Crippen LogP contribution in [0.1, 0.15) is 5.56 Å². The maximum absolute atomic E-state index is 11.3. The summed E-state index contributed by atoms with van der Waals surface area (Å²) < 4.78 is 2.21. The summed E-state index contributed by atoms with van der Waals surface area (Å²) in [5, 5.41) is 21.2. The number of thiazole rings is 1. The first kappa shape index (κ1) is 20.6.